The number of nitrogens with zero attached hydrogens (tertiary/aromatic N) is 2. The molecule has 0 fully saturated rings. The van der Waals surface area contributed by atoms with E-state index in [4.69, 9.17) is 4.74 Å². The summed E-state index contributed by atoms with van der Waals surface area (Å²) in [4.78, 5) is 2.04. The molecule has 0 N–H and O–H groups in total. The molecule has 0 unspecified atom stereocenters. The lowest BCUT2D eigenvalue weighted by Crippen LogP contribution is -2.24. The molecule has 0 amide bonds. The summed E-state index contributed by atoms with van der Waals surface area (Å²) in [5.41, 5.74) is 0.620. The first-order valence-corrected chi connectivity index (χ1v) is 7.11. The third-order valence-corrected chi connectivity index (χ3v) is 4.34. The van der Waals surface area contributed by atoms with Gasteiger partial charge < -0.3 is 9.64 Å². The Hall–Kier alpha value is -1.27. The van der Waals surface area contributed by atoms with E-state index in [1.165, 1.54) is 18.4 Å². The number of hydrogen-bond acceptors (Lipinski definition) is 4. The number of sulfonamides is 1. The first-order chi connectivity index (χ1) is 8.30. The monoisotopic (exact) mass is 272 g/mol. The largest absolute Gasteiger partial charge is 0.494 e. The lowest BCUT2D eigenvalue weighted by atomic mass is 10.3. The third kappa shape index (κ3) is 2.94. The highest BCUT2D eigenvalue weighted by molar-refractivity contribution is 7.89. The fourth-order valence-electron chi connectivity index (χ4n) is 1.52. The molecule has 0 bridgehead atoms. The normalized spacial score (nSPS) is 11.7. The lowest BCUT2D eigenvalue weighted by molar-refractivity contribution is 0.340. The Morgan fingerprint density at radius 1 is 1.17 bits per heavy atom. The number of anilines is 1. The Bertz CT molecular complexity index is 510. The summed E-state index contributed by atoms with van der Waals surface area (Å²) in [6, 6.07) is 4.99. The Morgan fingerprint density at radius 3 is 2.22 bits per heavy atom. The topological polar surface area (TPSA) is 49.9 Å². The standard InChI is InChI=1S/C12H20N2O3S/c1-6-17-10-7-8-12(11(9-10)13(2)3)18(15,16)14(4)5/h7-9H,6H2,1-5H3. The van der Waals surface area contributed by atoms with Crippen molar-refractivity contribution in [1.29, 1.82) is 0 Å². The van der Waals surface area contributed by atoms with E-state index in [1.807, 2.05) is 6.92 Å². The minimum absolute atomic E-state index is 0.279. The second-order valence-corrected chi connectivity index (χ2v) is 6.36. The van der Waals surface area contributed by atoms with E-state index >= 15 is 0 Å². The number of ether oxygens (including phenoxy) is 1. The van der Waals surface area contributed by atoms with Crippen LogP contribution in [0.2, 0.25) is 0 Å². The van der Waals surface area contributed by atoms with Gasteiger partial charge in [-0.2, -0.15) is 0 Å². The summed E-state index contributed by atoms with van der Waals surface area (Å²) >= 11 is 0. The number of hydrogen-bond donors (Lipinski definition) is 0. The first-order valence-electron chi connectivity index (χ1n) is 5.67. The molecule has 0 aliphatic rings. The van der Waals surface area contributed by atoms with Gasteiger partial charge in [0.1, 0.15) is 10.6 Å². The van der Waals surface area contributed by atoms with Crippen LogP contribution in [0.15, 0.2) is 23.1 Å². The zero-order valence-corrected chi connectivity index (χ0v) is 12.3. The van der Waals surface area contributed by atoms with Crippen molar-refractivity contribution in [3.8, 4) is 5.75 Å². The maximum absolute atomic E-state index is 12.2. The van der Waals surface area contributed by atoms with E-state index in [0.29, 0.717) is 18.0 Å². The fraction of sp³-hybridized carbons (Fsp3) is 0.500. The molecular formula is C12H20N2O3S. The average molecular weight is 272 g/mol. The smallest absolute Gasteiger partial charge is 0.244 e. The minimum Gasteiger partial charge on any atom is -0.494 e. The summed E-state index contributed by atoms with van der Waals surface area (Å²) < 4.78 is 31.0. The van der Waals surface area contributed by atoms with Crippen LogP contribution >= 0.6 is 0 Å². The second kappa shape index (κ2) is 5.58. The highest BCUT2D eigenvalue weighted by atomic mass is 32.2. The van der Waals surface area contributed by atoms with Crippen molar-refractivity contribution in [1.82, 2.24) is 4.31 Å². The highest BCUT2D eigenvalue weighted by Crippen LogP contribution is 2.29. The van der Waals surface area contributed by atoms with Crippen molar-refractivity contribution >= 4 is 15.7 Å². The Morgan fingerprint density at radius 2 is 1.78 bits per heavy atom. The van der Waals surface area contributed by atoms with Gasteiger partial charge in [-0.3, -0.25) is 0 Å². The molecule has 0 radical (unpaired) electrons. The molecule has 0 aromatic heterocycles. The molecule has 18 heavy (non-hydrogen) atoms. The third-order valence-electron chi connectivity index (χ3n) is 2.48. The Balaban J connectivity index is 3.37. The van der Waals surface area contributed by atoms with Gasteiger partial charge in [0.15, 0.2) is 0 Å². The van der Waals surface area contributed by atoms with Crippen LogP contribution < -0.4 is 9.64 Å². The summed E-state index contributed by atoms with van der Waals surface area (Å²) in [7, 11) is 3.20. The molecule has 0 saturated heterocycles. The van der Waals surface area contributed by atoms with Gasteiger partial charge in [-0.25, -0.2) is 12.7 Å². The molecule has 6 heteroatoms. The molecule has 1 rings (SSSR count). The quantitative estimate of drug-likeness (QED) is 0.813. The Labute approximate surface area is 109 Å². The van der Waals surface area contributed by atoms with Crippen LogP contribution in [-0.2, 0) is 10.0 Å². The van der Waals surface area contributed by atoms with Gasteiger partial charge >= 0.3 is 0 Å². The minimum atomic E-state index is -3.45. The van der Waals surface area contributed by atoms with Crippen LogP contribution in [0.1, 0.15) is 6.92 Å². The maximum Gasteiger partial charge on any atom is 0.244 e. The molecule has 0 spiro atoms. The molecule has 1 aromatic rings. The van der Waals surface area contributed by atoms with Crippen LogP contribution in [0.4, 0.5) is 5.69 Å². The average Bonchev–Trinajstić information content (AvgIpc) is 2.28. The van der Waals surface area contributed by atoms with Crippen molar-refractivity contribution < 1.29 is 13.2 Å². The van der Waals surface area contributed by atoms with Gasteiger partial charge in [0.25, 0.3) is 0 Å². The number of benzene rings is 1. The van der Waals surface area contributed by atoms with Crippen LogP contribution in [0.5, 0.6) is 5.75 Å². The van der Waals surface area contributed by atoms with E-state index in [9.17, 15) is 8.42 Å². The van der Waals surface area contributed by atoms with Crippen LogP contribution in [0.25, 0.3) is 0 Å². The van der Waals surface area contributed by atoms with Crippen LogP contribution in [0.3, 0.4) is 0 Å². The summed E-state index contributed by atoms with van der Waals surface area (Å²) in [5.74, 6) is 0.666. The number of rotatable bonds is 5. The molecular weight excluding hydrogens is 252 g/mol. The predicted molar refractivity (Wildman–Crippen MR) is 72.8 cm³/mol. The molecule has 1 aromatic carbocycles. The molecule has 0 aliphatic carbocycles. The molecule has 0 saturated carbocycles. The SMILES string of the molecule is CCOc1ccc(S(=O)(=O)N(C)C)c(N(C)C)c1. The van der Waals surface area contributed by atoms with Crippen LogP contribution in [-0.4, -0.2) is 47.5 Å². The van der Waals surface area contributed by atoms with Gasteiger partial charge in [0.2, 0.25) is 10.0 Å². The summed E-state index contributed by atoms with van der Waals surface area (Å²) in [6.45, 7) is 2.44. The first kappa shape index (κ1) is 14.8. The second-order valence-electron chi connectivity index (χ2n) is 4.24. The van der Waals surface area contributed by atoms with E-state index in [1.54, 1.807) is 37.2 Å². The van der Waals surface area contributed by atoms with Crippen molar-refractivity contribution in [2.24, 2.45) is 0 Å². The van der Waals surface area contributed by atoms with Crippen molar-refractivity contribution in [2.45, 2.75) is 11.8 Å². The van der Waals surface area contributed by atoms with Crippen LogP contribution in [0, 0.1) is 0 Å². The predicted octanol–water partition coefficient (Wildman–Crippen LogP) is 1.40. The molecule has 0 atom stereocenters. The van der Waals surface area contributed by atoms with Crippen molar-refractivity contribution in [3.63, 3.8) is 0 Å². The zero-order valence-electron chi connectivity index (χ0n) is 11.5. The highest BCUT2D eigenvalue weighted by Gasteiger charge is 2.22. The van der Waals surface area contributed by atoms with E-state index in [0.717, 1.165) is 0 Å². The van der Waals surface area contributed by atoms with Gasteiger partial charge in [0, 0.05) is 34.3 Å². The van der Waals surface area contributed by atoms with Gasteiger partial charge in [-0.15, -0.1) is 0 Å². The summed E-state index contributed by atoms with van der Waals surface area (Å²) in [6.07, 6.45) is 0. The van der Waals surface area contributed by atoms with E-state index in [-0.39, 0.29) is 4.90 Å². The van der Waals surface area contributed by atoms with Gasteiger partial charge in [-0.1, -0.05) is 0 Å². The van der Waals surface area contributed by atoms with Crippen molar-refractivity contribution in [2.75, 3.05) is 39.7 Å². The fourth-order valence-corrected chi connectivity index (χ4v) is 2.66. The van der Waals surface area contributed by atoms with Gasteiger partial charge in [-0.05, 0) is 19.1 Å². The zero-order chi connectivity index (χ0) is 13.9. The summed E-state index contributed by atoms with van der Waals surface area (Å²) in [5, 5.41) is 0. The molecule has 5 nitrogen and oxygen atoms in total. The maximum atomic E-state index is 12.2. The Kier molecular flexibility index (Phi) is 4.59. The van der Waals surface area contributed by atoms with E-state index < -0.39 is 10.0 Å². The van der Waals surface area contributed by atoms with Crippen molar-refractivity contribution in [3.05, 3.63) is 18.2 Å². The van der Waals surface area contributed by atoms with E-state index in [2.05, 4.69) is 0 Å². The molecule has 0 aliphatic heterocycles. The molecule has 102 valence electrons. The van der Waals surface area contributed by atoms with Gasteiger partial charge in [0.05, 0.1) is 12.3 Å². The lowest BCUT2D eigenvalue weighted by Gasteiger charge is -2.20. The molecule has 0 heterocycles.